The first kappa shape index (κ1) is 9.42. The third-order valence-corrected chi connectivity index (χ3v) is 6.97. The Kier molecular flexibility index (Phi) is 2.29. The molecule has 0 aromatic rings. The maximum Gasteiger partial charge on any atom is 0.660 e. The Balaban J connectivity index is 2.66. The molecule has 1 fully saturated rings. The van der Waals surface area contributed by atoms with E-state index >= 15 is 0 Å². The Bertz CT molecular complexity index is 135. The zero-order valence-corrected chi connectivity index (χ0v) is 8.19. The van der Waals surface area contributed by atoms with Gasteiger partial charge in [-0.15, -0.1) is 0 Å². The molecular formula is H6O8Si3. The van der Waals surface area contributed by atoms with Crippen molar-refractivity contribution in [3.05, 3.63) is 0 Å². The highest BCUT2D eigenvalue weighted by Crippen LogP contribution is 2.15. The van der Waals surface area contributed by atoms with Gasteiger partial charge in [-0.05, 0) is 0 Å². The second kappa shape index (κ2) is 2.68. The molecule has 0 saturated carbocycles. The maximum atomic E-state index is 8.64. The van der Waals surface area contributed by atoms with Crippen molar-refractivity contribution in [1.82, 2.24) is 0 Å². The molecule has 1 aliphatic heterocycles. The van der Waals surface area contributed by atoms with E-state index in [-0.39, 0.29) is 0 Å². The van der Waals surface area contributed by atoms with Crippen LogP contribution in [0, 0.1) is 0 Å². The Hall–Kier alpha value is 0.331. The summed E-state index contributed by atoms with van der Waals surface area (Å²) in [7, 11) is -12.4. The Morgan fingerprint density at radius 1 is 0.909 bits per heavy atom. The molecular weight excluding hydrogens is 212 g/mol. The zero-order chi connectivity index (χ0) is 8.70. The van der Waals surface area contributed by atoms with Gasteiger partial charge in [-0.2, -0.15) is 0 Å². The van der Waals surface area contributed by atoms with Crippen LogP contribution >= 0.6 is 0 Å². The van der Waals surface area contributed by atoms with Crippen molar-refractivity contribution in [3.8, 4) is 0 Å². The molecule has 0 spiro atoms. The van der Waals surface area contributed by atoms with Gasteiger partial charge in [-0.25, -0.2) is 0 Å². The second-order valence-corrected chi connectivity index (χ2v) is 7.25. The molecule has 0 amide bonds. The van der Waals surface area contributed by atoms with Gasteiger partial charge in [0.2, 0.25) is 0 Å². The Labute approximate surface area is 64.8 Å². The Morgan fingerprint density at radius 3 is 1.55 bits per heavy atom. The summed E-state index contributed by atoms with van der Waals surface area (Å²) in [5, 5.41) is 0. The highest BCUT2D eigenvalue weighted by Gasteiger charge is 2.59. The summed E-state index contributed by atoms with van der Waals surface area (Å²) >= 11 is 0. The maximum absolute atomic E-state index is 8.64. The lowest BCUT2D eigenvalue weighted by molar-refractivity contribution is -0.00375. The summed E-state index contributed by atoms with van der Waals surface area (Å²) in [6, 6.07) is 0. The van der Waals surface area contributed by atoms with Crippen LogP contribution < -0.4 is 0 Å². The van der Waals surface area contributed by atoms with Gasteiger partial charge in [0.25, 0.3) is 0 Å². The van der Waals surface area contributed by atoms with Gasteiger partial charge < -0.3 is 36.3 Å². The van der Waals surface area contributed by atoms with Gasteiger partial charge in [0.1, 0.15) is 0 Å². The number of rotatable bonds is 0. The van der Waals surface area contributed by atoms with Crippen molar-refractivity contribution in [2.45, 2.75) is 0 Å². The number of hydrogen-bond acceptors (Lipinski definition) is 8. The molecule has 5 N–H and O–H groups in total. The average molecular weight is 218 g/mol. The van der Waals surface area contributed by atoms with Gasteiger partial charge in [-0.1, -0.05) is 0 Å². The van der Waals surface area contributed by atoms with Crippen molar-refractivity contribution in [3.63, 3.8) is 0 Å². The van der Waals surface area contributed by atoms with Crippen LogP contribution in [0.2, 0.25) is 0 Å². The quantitative estimate of drug-likeness (QED) is 0.258. The lowest BCUT2D eigenvalue weighted by Crippen LogP contribution is -2.66. The Morgan fingerprint density at radius 2 is 1.27 bits per heavy atom. The first-order chi connectivity index (χ1) is 4.81. The standard InChI is InChI=1S/H6O8Si3/c1-9-6-10(2,3)8-11(4,5)7-9/h1-5,9H. The van der Waals surface area contributed by atoms with Crippen LogP contribution in [0.4, 0.5) is 0 Å². The fourth-order valence-electron chi connectivity index (χ4n) is 0.508. The van der Waals surface area contributed by atoms with Gasteiger partial charge >= 0.3 is 27.6 Å². The van der Waals surface area contributed by atoms with Crippen molar-refractivity contribution < 1.29 is 36.3 Å². The molecule has 1 saturated heterocycles. The SMILES string of the molecule is O[SiH]1O[Si](O)(O)O[Si](O)(O)O1. The minimum absolute atomic E-state index is 3.35. The molecule has 8 nitrogen and oxygen atoms in total. The highest BCUT2D eigenvalue weighted by molar-refractivity contribution is 6.76. The molecule has 11 heteroatoms. The minimum Gasteiger partial charge on any atom is -0.393 e. The van der Waals surface area contributed by atoms with E-state index in [1.54, 1.807) is 0 Å². The van der Waals surface area contributed by atoms with Gasteiger partial charge in [0.15, 0.2) is 0 Å². The van der Waals surface area contributed by atoms with Crippen LogP contribution in [-0.4, -0.2) is 51.6 Å². The molecule has 0 aromatic carbocycles. The predicted octanol–water partition coefficient (Wildman–Crippen LogP) is -4.40. The molecule has 0 radical (unpaired) electrons. The fraction of sp³-hybridized carbons (Fsp3) is 0. The molecule has 0 unspecified atom stereocenters. The van der Waals surface area contributed by atoms with Crippen LogP contribution in [0.5, 0.6) is 0 Å². The summed E-state index contributed by atoms with van der Waals surface area (Å²) < 4.78 is 11.9. The first-order valence-electron chi connectivity index (χ1n) is 2.44. The predicted molar refractivity (Wildman–Crippen MR) is 33.0 cm³/mol. The van der Waals surface area contributed by atoms with Gasteiger partial charge in [0.05, 0.1) is 0 Å². The topological polar surface area (TPSA) is 129 Å². The van der Waals surface area contributed by atoms with E-state index in [4.69, 9.17) is 24.0 Å². The summed E-state index contributed by atoms with van der Waals surface area (Å²) in [6.45, 7) is 0. The van der Waals surface area contributed by atoms with Crippen molar-refractivity contribution >= 4 is 27.6 Å². The monoisotopic (exact) mass is 218 g/mol. The molecule has 66 valence electrons. The van der Waals surface area contributed by atoms with E-state index in [2.05, 4.69) is 12.3 Å². The van der Waals surface area contributed by atoms with Crippen LogP contribution in [0.1, 0.15) is 0 Å². The van der Waals surface area contributed by atoms with Gasteiger partial charge in [-0.3, -0.25) is 0 Å². The van der Waals surface area contributed by atoms with Crippen molar-refractivity contribution in [2.75, 3.05) is 0 Å². The van der Waals surface area contributed by atoms with Crippen LogP contribution in [0.25, 0.3) is 0 Å². The smallest absolute Gasteiger partial charge is 0.393 e. The highest BCUT2D eigenvalue weighted by atomic mass is 28.5. The molecule has 1 rings (SSSR count). The van der Waals surface area contributed by atoms with Crippen LogP contribution in [0.3, 0.4) is 0 Å². The second-order valence-electron chi connectivity index (χ2n) is 1.74. The van der Waals surface area contributed by atoms with E-state index < -0.39 is 27.6 Å². The lowest BCUT2D eigenvalue weighted by Gasteiger charge is -2.31. The fourth-order valence-corrected chi connectivity index (χ4v) is 5.87. The van der Waals surface area contributed by atoms with Gasteiger partial charge in [0, 0.05) is 0 Å². The lowest BCUT2D eigenvalue weighted by atomic mass is 15.5. The third-order valence-electron chi connectivity index (χ3n) is 0.775. The minimum atomic E-state index is -4.54. The molecule has 0 bridgehead atoms. The van der Waals surface area contributed by atoms with E-state index in [9.17, 15) is 0 Å². The normalized spacial score (nSPS) is 30.3. The largest absolute Gasteiger partial charge is 0.660 e. The van der Waals surface area contributed by atoms with E-state index in [1.165, 1.54) is 0 Å². The molecule has 1 aliphatic rings. The summed E-state index contributed by atoms with van der Waals surface area (Å²) in [5.41, 5.74) is 0. The summed E-state index contributed by atoms with van der Waals surface area (Å²) in [5.74, 6) is 0. The van der Waals surface area contributed by atoms with E-state index in [0.717, 1.165) is 0 Å². The van der Waals surface area contributed by atoms with Crippen LogP contribution in [0.15, 0.2) is 0 Å². The van der Waals surface area contributed by atoms with Crippen molar-refractivity contribution in [1.29, 1.82) is 0 Å². The molecule has 0 atom stereocenters. The van der Waals surface area contributed by atoms with Crippen molar-refractivity contribution in [2.24, 2.45) is 0 Å². The molecule has 0 aliphatic carbocycles. The molecule has 0 aromatic heterocycles. The summed E-state index contributed by atoms with van der Waals surface area (Å²) in [6.07, 6.45) is 0. The van der Waals surface area contributed by atoms with Crippen LogP contribution in [-0.2, 0) is 12.3 Å². The molecule has 1 heterocycles. The average Bonchev–Trinajstić information content (AvgIpc) is 1.49. The first-order valence-corrected chi connectivity index (χ1v) is 7.32. The summed E-state index contributed by atoms with van der Waals surface area (Å²) in [4.78, 5) is 43.2. The molecule has 11 heavy (non-hydrogen) atoms. The zero-order valence-electron chi connectivity index (χ0n) is 5.04. The van der Waals surface area contributed by atoms with E-state index in [0.29, 0.717) is 0 Å². The third kappa shape index (κ3) is 2.69. The van der Waals surface area contributed by atoms with E-state index in [1.807, 2.05) is 0 Å². The number of hydrogen-bond donors (Lipinski definition) is 5.